The second-order valence-electron chi connectivity index (χ2n) is 15.8. The Morgan fingerprint density at radius 3 is 1.73 bits per heavy atom. The fraction of sp³-hybridized carbons (Fsp3) is 0.348. The van der Waals surface area contributed by atoms with E-state index in [0.717, 1.165) is 103 Å². The summed E-state index contributed by atoms with van der Waals surface area (Å²) in [5, 5.41) is 2.74. The molecule has 0 saturated carbocycles. The highest BCUT2D eigenvalue weighted by Crippen LogP contribution is 2.37. The number of aliphatic imine (C=N–C) groups is 1. The highest BCUT2D eigenvalue weighted by atomic mass is 17.2. The summed E-state index contributed by atoms with van der Waals surface area (Å²) in [4.78, 5) is 79.8. The third-order valence-corrected chi connectivity index (χ3v) is 12.2. The molecule has 16 heteroatoms. The van der Waals surface area contributed by atoms with Gasteiger partial charge in [-0.3, -0.25) is 9.59 Å². The first-order chi connectivity index (χ1) is 30.4. The number of aromatic nitrogens is 4. The SMILES string of the molecule is COO/C=N/[C@@H](C(=O)N1CCC[C@H]1c1nc2cc(N3CCN(c4ccc5[nH]c([C@@H]6CCCN6C(=O)[C@@H](NC(=O)OC)c6ccccc6)nc5c4)CC3)ccc2[nH]1)c1ccccc1. The number of aromatic amines is 2. The summed E-state index contributed by atoms with van der Waals surface area (Å²) in [6.45, 7) is 4.48. The number of rotatable bonds is 12. The van der Waals surface area contributed by atoms with E-state index >= 15 is 0 Å². The molecule has 3 fully saturated rings. The predicted octanol–water partition coefficient (Wildman–Crippen LogP) is 6.54. The minimum Gasteiger partial charge on any atom is -0.453 e. The minimum absolute atomic E-state index is 0.114. The van der Waals surface area contributed by atoms with Crippen LogP contribution in [0.2, 0.25) is 0 Å². The van der Waals surface area contributed by atoms with Gasteiger partial charge in [-0.25, -0.2) is 19.8 Å². The van der Waals surface area contributed by atoms with Gasteiger partial charge in [0.1, 0.15) is 17.7 Å². The second kappa shape index (κ2) is 18.0. The highest BCUT2D eigenvalue weighted by molar-refractivity contribution is 5.88. The van der Waals surface area contributed by atoms with Gasteiger partial charge in [0.15, 0.2) is 6.04 Å². The van der Waals surface area contributed by atoms with Crippen LogP contribution in [-0.4, -0.2) is 108 Å². The number of benzene rings is 4. The number of amides is 3. The lowest BCUT2D eigenvalue weighted by atomic mass is 10.1. The first-order valence-electron chi connectivity index (χ1n) is 21.1. The van der Waals surface area contributed by atoms with Crippen molar-refractivity contribution in [3.05, 3.63) is 120 Å². The van der Waals surface area contributed by atoms with Crippen molar-refractivity contribution in [3.63, 3.8) is 0 Å². The van der Waals surface area contributed by atoms with Crippen molar-refractivity contribution < 1.29 is 28.9 Å². The molecule has 3 aliphatic rings. The van der Waals surface area contributed by atoms with Crippen LogP contribution in [0.25, 0.3) is 22.1 Å². The van der Waals surface area contributed by atoms with Crippen molar-refractivity contribution in [1.82, 2.24) is 35.1 Å². The number of carbonyl (C=O) groups excluding carboxylic acids is 3. The molecule has 62 heavy (non-hydrogen) atoms. The lowest BCUT2D eigenvalue weighted by Crippen LogP contribution is -2.46. The van der Waals surface area contributed by atoms with Crippen LogP contribution in [0.5, 0.6) is 0 Å². The average Bonchev–Trinajstić information content (AvgIpc) is 4.15. The molecule has 0 spiro atoms. The molecule has 4 atom stereocenters. The number of hydrogen-bond acceptors (Lipinski definition) is 11. The zero-order valence-corrected chi connectivity index (χ0v) is 34.8. The Morgan fingerprint density at radius 1 is 0.694 bits per heavy atom. The molecular weight excluding hydrogens is 789 g/mol. The van der Waals surface area contributed by atoms with Gasteiger partial charge >= 0.3 is 6.09 Å². The van der Waals surface area contributed by atoms with Crippen LogP contribution in [0.1, 0.15) is 72.6 Å². The normalized spacial score (nSPS) is 19.1. The number of alkyl carbamates (subject to hydrolysis) is 1. The number of ether oxygens (including phenoxy) is 1. The molecule has 3 amide bonds. The van der Waals surface area contributed by atoms with E-state index < -0.39 is 18.2 Å². The van der Waals surface area contributed by atoms with Crippen molar-refractivity contribution in [1.29, 1.82) is 0 Å². The standard InChI is InChI=1S/C46H50N10O6/c1-60-46(59)52-41(31-13-7-4-8-14-31)45(58)56-22-10-16-39(56)43-49-35-20-18-33(28-37(35)51-43)54-25-23-53(24-26-54)32-17-19-34-36(27-32)50-42(48-34)38-15-9-21-55(38)44(57)40(47-29-62-61-2)30-11-5-3-6-12-30/h3-8,11-14,17-20,27-29,38-41H,9-10,15-16,21-26H2,1-2H3,(H,48,50)(H,49,51)(H,52,59)/b47-29+/t38-,39-,40+,41-/m0/s1. The zero-order chi connectivity index (χ0) is 42.6. The van der Waals surface area contributed by atoms with E-state index in [-0.39, 0.29) is 23.9 Å². The Bertz CT molecular complexity index is 2550. The fourth-order valence-corrected chi connectivity index (χ4v) is 9.08. The summed E-state index contributed by atoms with van der Waals surface area (Å²) in [5.41, 5.74) is 7.21. The molecule has 0 unspecified atom stereocenters. The summed E-state index contributed by atoms with van der Waals surface area (Å²) >= 11 is 0. The average molecular weight is 839 g/mol. The number of anilines is 2. The smallest absolute Gasteiger partial charge is 0.407 e. The maximum Gasteiger partial charge on any atom is 0.407 e. The number of imidazole rings is 2. The molecule has 3 aliphatic heterocycles. The molecule has 320 valence electrons. The Labute approximate surface area is 358 Å². The molecule has 0 aliphatic carbocycles. The summed E-state index contributed by atoms with van der Waals surface area (Å²) in [6, 6.07) is 29.3. The fourth-order valence-electron chi connectivity index (χ4n) is 9.08. The zero-order valence-electron chi connectivity index (χ0n) is 34.8. The van der Waals surface area contributed by atoms with Gasteiger partial charge in [-0.2, -0.15) is 4.89 Å². The number of nitrogens with zero attached hydrogens (tertiary/aromatic N) is 7. The van der Waals surface area contributed by atoms with E-state index in [4.69, 9.17) is 19.6 Å². The minimum atomic E-state index is -0.875. The molecule has 3 saturated heterocycles. The molecule has 0 bridgehead atoms. The van der Waals surface area contributed by atoms with Gasteiger partial charge in [-0.1, -0.05) is 60.7 Å². The summed E-state index contributed by atoms with van der Waals surface area (Å²) in [7, 11) is 2.68. The molecule has 2 aromatic heterocycles. The van der Waals surface area contributed by atoms with Gasteiger partial charge < -0.3 is 44.5 Å². The topological polar surface area (TPSA) is 174 Å². The Kier molecular flexibility index (Phi) is 11.7. The van der Waals surface area contributed by atoms with Crippen LogP contribution in [0.4, 0.5) is 16.2 Å². The lowest BCUT2D eigenvalue weighted by Gasteiger charge is -2.37. The first-order valence-corrected chi connectivity index (χ1v) is 21.1. The van der Waals surface area contributed by atoms with E-state index in [1.807, 2.05) is 70.5 Å². The molecule has 5 heterocycles. The number of piperazine rings is 1. The lowest BCUT2D eigenvalue weighted by molar-refractivity contribution is -0.188. The Hall–Kier alpha value is -6.94. The summed E-state index contributed by atoms with van der Waals surface area (Å²) < 4.78 is 4.86. The largest absolute Gasteiger partial charge is 0.453 e. The number of carbonyl (C=O) groups is 3. The quantitative estimate of drug-likeness (QED) is 0.0532. The van der Waals surface area contributed by atoms with Gasteiger partial charge in [-0.05, 0) is 73.2 Å². The predicted molar refractivity (Wildman–Crippen MR) is 234 cm³/mol. The third-order valence-electron chi connectivity index (χ3n) is 12.2. The maximum atomic E-state index is 14.0. The van der Waals surface area contributed by atoms with E-state index in [0.29, 0.717) is 18.7 Å². The summed E-state index contributed by atoms with van der Waals surface area (Å²) in [6.07, 6.45) is 3.77. The summed E-state index contributed by atoms with van der Waals surface area (Å²) in [5.74, 6) is 1.20. The first kappa shape index (κ1) is 40.5. The molecule has 4 aromatic carbocycles. The molecule has 9 rings (SSSR count). The molecule has 6 aromatic rings. The van der Waals surface area contributed by atoms with Crippen molar-refractivity contribution in [2.24, 2.45) is 4.99 Å². The van der Waals surface area contributed by atoms with Crippen LogP contribution in [0.3, 0.4) is 0 Å². The second-order valence-corrected chi connectivity index (χ2v) is 15.8. The Balaban J connectivity index is 0.858. The number of H-pyrrole nitrogens is 2. The van der Waals surface area contributed by atoms with Crippen molar-refractivity contribution in [3.8, 4) is 0 Å². The number of nitrogens with one attached hydrogen (secondary N) is 3. The van der Waals surface area contributed by atoms with Crippen LogP contribution in [0.15, 0.2) is 102 Å². The van der Waals surface area contributed by atoms with Crippen LogP contribution < -0.4 is 15.1 Å². The van der Waals surface area contributed by atoms with Crippen molar-refractivity contribution in [2.75, 3.05) is 63.3 Å². The Morgan fingerprint density at radius 2 is 1.21 bits per heavy atom. The third kappa shape index (κ3) is 8.25. The van der Waals surface area contributed by atoms with Crippen molar-refractivity contribution >= 4 is 57.7 Å². The number of fused-ring (bicyclic) bond motifs is 2. The number of hydrogen-bond donors (Lipinski definition) is 3. The number of likely N-dealkylation sites (tertiary alicyclic amines) is 2. The monoisotopic (exact) mass is 838 g/mol. The van der Waals surface area contributed by atoms with Gasteiger partial charge in [-0.15, -0.1) is 0 Å². The van der Waals surface area contributed by atoms with Crippen molar-refractivity contribution in [2.45, 2.75) is 49.9 Å². The van der Waals surface area contributed by atoms with E-state index in [1.54, 1.807) is 0 Å². The van der Waals surface area contributed by atoms with Crippen LogP contribution in [-0.2, 0) is 24.1 Å². The van der Waals surface area contributed by atoms with Gasteiger partial charge in [0.2, 0.25) is 6.40 Å². The molecular formula is C46H50N10O6. The van der Waals surface area contributed by atoms with Crippen LogP contribution in [0, 0.1) is 0 Å². The van der Waals surface area contributed by atoms with Crippen LogP contribution >= 0.6 is 0 Å². The maximum absolute atomic E-state index is 14.0. The van der Waals surface area contributed by atoms with Gasteiger partial charge in [0, 0.05) is 50.6 Å². The molecule has 16 nitrogen and oxygen atoms in total. The van der Waals surface area contributed by atoms with E-state index in [1.165, 1.54) is 20.6 Å². The van der Waals surface area contributed by atoms with Gasteiger partial charge in [0.25, 0.3) is 11.8 Å². The molecule has 0 radical (unpaired) electrons. The molecule has 3 N–H and O–H groups in total. The van der Waals surface area contributed by atoms with E-state index in [2.05, 4.69) is 71.4 Å². The number of methoxy groups -OCH3 is 1. The van der Waals surface area contributed by atoms with E-state index in [9.17, 15) is 14.4 Å². The van der Waals surface area contributed by atoms with Gasteiger partial charge in [0.05, 0.1) is 48.4 Å². The highest BCUT2D eigenvalue weighted by Gasteiger charge is 2.38.